The molecule has 0 aliphatic carbocycles. The molecule has 0 amide bonds. The highest BCUT2D eigenvalue weighted by molar-refractivity contribution is 5.15. The molecule has 106 valence electrons. The summed E-state index contributed by atoms with van der Waals surface area (Å²) in [7, 11) is 0. The van der Waals surface area contributed by atoms with Crippen LogP contribution in [0.1, 0.15) is 26.3 Å². The van der Waals surface area contributed by atoms with Crippen LogP contribution in [0.2, 0.25) is 0 Å². The first-order valence-corrected chi connectivity index (χ1v) is 7.00. The third-order valence-electron chi connectivity index (χ3n) is 3.97. The standard InChI is InChI=1S/C17H26O2/c1-5-12(2)16(18)14(4)17(19)13(3)11-15-9-7-6-8-10-15/h5-10,12-14,16-19H,1,11H2,2-4H3/t12-,13+,14-,16-,17-/m0/s1. The normalized spacial score (nSPS) is 19.2. The summed E-state index contributed by atoms with van der Waals surface area (Å²) in [6.45, 7) is 9.54. The molecule has 0 saturated carbocycles. The monoisotopic (exact) mass is 262 g/mol. The molecule has 0 heterocycles. The topological polar surface area (TPSA) is 40.5 Å². The van der Waals surface area contributed by atoms with Crippen molar-refractivity contribution in [3.63, 3.8) is 0 Å². The van der Waals surface area contributed by atoms with E-state index in [9.17, 15) is 10.2 Å². The van der Waals surface area contributed by atoms with Crippen molar-refractivity contribution in [2.45, 2.75) is 39.4 Å². The first-order valence-electron chi connectivity index (χ1n) is 7.00. The van der Waals surface area contributed by atoms with Crippen molar-refractivity contribution in [3.05, 3.63) is 48.6 Å². The third-order valence-corrected chi connectivity index (χ3v) is 3.97. The van der Waals surface area contributed by atoms with E-state index in [4.69, 9.17) is 0 Å². The van der Waals surface area contributed by atoms with Crippen molar-refractivity contribution in [3.8, 4) is 0 Å². The Hall–Kier alpha value is -1.12. The largest absolute Gasteiger partial charge is 0.392 e. The lowest BCUT2D eigenvalue weighted by atomic mass is 9.82. The molecular formula is C17H26O2. The number of benzene rings is 1. The van der Waals surface area contributed by atoms with Gasteiger partial charge in [-0.25, -0.2) is 0 Å². The van der Waals surface area contributed by atoms with Crippen molar-refractivity contribution >= 4 is 0 Å². The Labute approximate surface area is 116 Å². The maximum Gasteiger partial charge on any atom is 0.0650 e. The van der Waals surface area contributed by atoms with Crippen LogP contribution in [0.5, 0.6) is 0 Å². The molecule has 0 fully saturated rings. The smallest absolute Gasteiger partial charge is 0.0650 e. The summed E-state index contributed by atoms with van der Waals surface area (Å²) in [5, 5.41) is 20.5. The average Bonchev–Trinajstić information content (AvgIpc) is 2.44. The van der Waals surface area contributed by atoms with Crippen LogP contribution in [0.25, 0.3) is 0 Å². The molecule has 0 bridgehead atoms. The van der Waals surface area contributed by atoms with Gasteiger partial charge in [-0.05, 0) is 17.9 Å². The van der Waals surface area contributed by atoms with E-state index in [1.54, 1.807) is 6.08 Å². The van der Waals surface area contributed by atoms with Gasteiger partial charge in [0.15, 0.2) is 0 Å². The molecule has 19 heavy (non-hydrogen) atoms. The Morgan fingerprint density at radius 1 is 1.05 bits per heavy atom. The van der Waals surface area contributed by atoms with E-state index in [0.29, 0.717) is 0 Å². The molecule has 0 saturated heterocycles. The zero-order valence-electron chi connectivity index (χ0n) is 12.2. The average molecular weight is 262 g/mol. The van der Waals surface area contributed by atoms with Crippen LogP contribution in [0.3, 0.4) is 0 Å². The molecule has 2 heteroatoms. The highest BCUT2D eigenvalue weighted by Gasteiger charge is 2.29. The second-order valence-electron chi connectivity index (χ2n) is 5.60. The van der Waals surface area contributed by atoms with Crippen LogP contribution >= 0.6 is 0 Å². The van der Waals surface area contributed by atoms with Crippen LogP contribution in [0.15, 0.2) is 43.0 Å². The molecule has 1 rings (SSSR count). The van der Waals surface area contributed by atoms with Crippen molar-refractivity contribution in [1.82, 2.24) is 0 Å². The summed E-state index contributed by atoms with van der Waals surface area (Å²) in [6, 6.07) is 10.1. The highest BCUT2D eigenvalue weighted by Crippen LogP contribution is 2.24. The van der Waals surface area contributed by atoms with Crippen molar-refractivity contribution < 1.29 is 10.2 Å². The van der Waals surface area contributed by atoms with Crippen LogP contribution in [0.4, 0.5) is 0 Å². The summed E-state index contributed by atoms with van der Waals surface area (Å²) >= 11 is 0. The molecule has 0 unspecified atom stereocenters. The van der Waals surface area contributed by atoms with Gasteiger partial charge in [0.1, 0.15) is 0 Å². The maximum atomic E-state index is 10.4. The predicted octanol–water partition coefficient (Wildman–Crippen LogP) is 3.05. The molecule has 0 radical (unpaired) electrons. The molecule has 2 nitrogen and oxygen atoms in total. The number of rotatable bonds is 7. The minimum Gasteiger partial charge on any atom is -0.392 e. The number of hydrogen-bond donors (Lipinski definition) is 2. The molecule has 2 N–H and O–H groups in total. The quantitative estimate of drug-likeness (QED) is 0.741. The summed E-state index contributed by atoms with van der Waals surface area (Å²) in [5.74, 6) is -0.0515. The van der Waals surface area contributed by atoms with E-state index >= 15 is 0 Å². The SMILES string of the molecule is C=C[C@H](C)[C@H](O)[C@H](C)[C@@H](O)[C@H](C)Cc1ccccc1. The molecule has 0 aliphatic heterocycles. The Kier molecular flexibility index (Phi) is 6.26. The highest BCUT2D eigenvalue weighted by atomic mass is 16.3. The second-order valence-corrected chi connectivity index (χ2v) is 5.60. The zero-order valence-corrected chi connectivity index (χ0v) is 12.2. The minimum absolute atomic E-state index is 0.00595. The lowest BCUT2D eigenvalue weighted by Crippen LogP contribution is -2.37. The van der Waals surface area contributed by atoms with E-state index in [1.165, 1.54) is 5.56 Å². The van der Waals surface area contributed by atoms with Crippen molar-refractivity contribution in [2.24, 2.45) is 17.8 Å². The van der Waals surface area contributed by atoms with Crippen LogP contribution in [-0.2, 0) is 6.42 Å². The van der Waals surface area contributed by atoms with E-state index in [1.807, 2.05) is 39.0 Å². The van der Waals surface area contributed by atoms with Gasteiger partial charge in [0.05, 0.1) is 12.2 Å². The second kappa shape index (κ2) is 7.46. The molecule has 0 spiro atoms. The van der Waals surface area contributed by atoms with Gasteiger partial charge in [-0.3, -0.25) is 0 Å². The summed E-state index contributed by atoms with van der Waals surface area (Å²) < 4.78 is 0. The van der Waals surface area contributed by atoms with Gasteiger partial charge in [-0.1, -0.05) is 57.2 Å². The van der Waals surface area contributed by atoms with Gasteiger partial charge in [0.25, 0.3) is 0 Å². The van der Waals surface area contributed by atoms with Gasteiger partial charge in [-0.2, -0.15) is 0 Å². The van der Waals surface area contributed by atoms with Gasteiger partial charge < -0.3 is 10.2 Å². The van der Waals surface area contributed by atoms with E-state index in [-0.39, 0.29) is 17.8 Å². The van der Waals surface area contributed by atoms with Crippen molar-refractivity contribution in [2.75, 3.05) is 0 Å². The molecule has 1 aromatic rings. The Balaban J connectivity index is 2.61. The zero-order chi connectivity index (χ0) is 14.4. The third kappa shape index (κ3) is 4.48. The summed E-state index contributed by atoms with van der Waals surface area (Å²) in [4.78, 5) is 0. The van der Waals surface area contributed by atoms with E-state index in [0.717, 1.165) is 6.42 Å². The lowest BCUT2D eigenvalue weighted by Gasteiger charge is -2.30. The Morgan fingerprint density at radius 2 is 1.63 bits per heavy atom. The van der Waals surface area contributed by atoms with Crippen LogP contribution < -0.4 is 0 Å². The number of aliphatic hydroxyl groups is 2. The number of hydrogen-bond acceptors (Lipinski definition) is 2. The first kappa shape index (κ1) is 15.9. The Morgan fingerprint density at radius 3 is 2.16 bits per heavy atom. The fourth-order valence-corrected chi connectivity index (χ4v) is 2.45. The Bertz CT molecular complexity index is 374. The van der Waals surface area contributed by atoms with Gasteiger partial charge >= 0.3 is 0 Å². The van der Waals surface area contributed by atoms with Gasteiger partial charge in [-0.15, -0.1) is 6.58 Å². The fraction of sp³-hybridized carbons (Fsp3) is 0.529. The van der Waals surface area contributed by atoms with Gasteiger partial charge in [0.2, 0.25) is 0 Å². The van der Waals surface area contributed by atoms with Crippen LogP contribution in [0, 0.1) is 17.8 Å². The van der Waals surface area contributed by atoms with Crippen LogP contribution in [-0.4, -0.2) is 22.4 Å². The van der Waals surface area contributed by atoms with Gasteiger partial charge in [0, 0.05) is 11.8 Å². The van der Waals surface area contributed by atoms with Crippen molar-refractivity contribution in [1.29, 1.82) is 0 Å². The minimum atomic E-state index is -0.550. The first-order chi connectivity index (χ1) is 8.97. The molecule has 0 aromatic heterocycles. The molecule has 1 aromatic carbocycles. The predicted molar refractivity (Wildman–Crippen MR) is 79.8 cm³/mol. The summed E-state index contributed by atoms with van der Waals surface area (Å²) in [6.07, 6.45) is 1.49. The lowest BCUT2D eigenvalue weighted by molar-refractivity contribution is -0.0200. The maximum absolute atomic E-state index is 10.4. The van der Waals surface area contributed by atoms with E-state index < -0.39 is 12.2 Å². The molecular weight excluding hydrogens is 236 g/mol. The molecule has 0 aliphatic rings. The fourth-order valence-electron chi connectivity index (χ4n) is 2.45. The summed E-state index contributed by atoms with van der Waals surface area (Å²) in [5.41, 5.74) is 1.22. The number of aliphatic hydroxyl groups excluding tert-OH is 2. The molecule has 5 atom stereocenters. The van der Waals surface area contributed by atoms with E-state index in [2.05, 4.69) is 18.7 Å².